The van der Waals surface area contributed by atoms with Gasteiger partial charge in [0, 0.05) is 44.6 Å². The number of piperidine rings is 1. The first-order chi connectivity index (χ1) is 24.8. The average Bonchev–Trinajstić information content (AvgIpc) is 3.54. The number of benzene rings is 1. The summed E-state index contributed by atoms with van der Waals surface area (Å²) in [5.74, 6) is 1.36. The van der Waals surface area contributed by atoms with Crippen LogP contribution in [-0.4, -0.2) is 57.2 Å². The first-order valence-corrected chi connectivity index (χ1v) is 18.3. The van der Waals surface area contributed by atoms with Crippen molar-refractivity contribution in [3.8, 4) is 22.8 Å². The SMILES string of the molecule is C/C=C\C(=C/C)c1ccc2nc(-c3cccnc3N)n(-c3ccc(CN4CC5(CCN(c6c(OCC)c(=O)c6=O)CC5)C4)cc3)c2n1.CC.CC. The van der Waals surface area contributed by atoms with E-state index in [9.17, 15) is 9.59 Å². The summed E-state index contributed by atoms with van der Waals surface area (Å²) in [6.45, 7) is 18.7. The van der Waals surface area contributed by atoms with E-state index in [2.05, 4.69) is 50.9 Å². The molecule has 2 aliphatic rings. The normalized spacial score (nSPS) is 15.7. The van der Waals surface area contributed by atoms with E-state index in [1.807, 2.05) is 83.7 Å². The fourth-order valence-electron chi connectivity index (χ4n) is 7.13. The van der Waals surface area contributed by atoms with Crippen LogP contribution >= 0.6 is 0 Å². The standard InChI is InChI=1S/C37H39N7O3.2C2H6/c1-4-8-25(5-2)28-14-15-29-36(40-28)44(35(41-29)27-9-7-18-39-34(27)38)26-12-10-24(11-13-26)21-42-22-37(23-42)16-19-43(20-17-37)30-31(45)32(46)33(30)47-6-3;2*1-2/h4-5,7-15,18H,6,16-17,19-23H2,1-3H3,(H2,38,39);2*1-2H3/b8-4-,25-5+;;. The zero-order valence-electron chi connectivity index (χ0n) is 31.1. The molecule has 2 saturated heterocycles. The van der Waals surface area contributed by atoms with Crippen LogP contribution in [0.15, 0.2) is 82.5 Å². The van der Waals surface area contributed by atoms with Gasteiger partial charge in [0.05, 0.1) is 17.9 Å². The lowest BCUT2D eigenvalue weighted by Gasteiger charge is -2.54. The Morgan fingerprint density at radius 3 is 2.27 bits per heavy atom. The number of hydrogen-bond acceptors (Lipinski definition) is 9. The highest BCUT2D eigenvalue weighted by molar-refractivity contribution is 5.85. The third-order valence-electron chi connectivity index (χ3n) is 9.53. The van der Waals surface area contributed by atoms with Gasteiger partial charge in [0.2, 0.25) is 0 Å². The number of nitrogen functional groups attached to an aromatic ring is 1. The van der Waals surface area contributed by atoms with Crippen LogP contribution in [0.4, 0.5) is 11.5 Å². The Morgan fingerprint density at radius 1 is 0.941 bits per heavy atom. The van der Waals surface area contributed by atoms with E-state index >= 15 is 0 Å². The molecule has 1 spiro atoms. The van der Waals surface area contributed by atoms with Crippen LogP contribution in [0, 0.1) is 5.41 Å². The molecule has 0 atom stereocenters. The monoisotopic (exact) mass is 689 g/mol. The third-order valence-corrected chi connectivity index (χ3v) is 9.53. The second-order valence-corrected chi connectivity index (χ2v) is 12.6. The fourth-order valence-corrected chi connectivity index (χ4v) is 7.13. The minimum absolute atomic E-state index is 0.249. The second-order valence-electron chi connectivity index (χ2n) is 12.6. The molecule has 2 fully saturated rings. The number of allylic oxidation sites excluding steroid dienone is 4. The van der Waals surface area contributed by atoms with Gasteiger partial charge in [-0.2, -0.15) is 0 Å². The molecule has 10 nitrogen and oxygen atoms in total. The molecule has 10 heteroatoms. The van der Waals surface area contributed by atoms with E-state index in [1.54, 1.807) is 6.20 Å². The molecule has 0 bridgehead atoms. The summed E-state index contributed by atoms with van der Waals surface area (Å²) in [6, 6.07) is 16.4. The van der Waals surface area contributed by atoms with Gasteiger partial charge < -0.3 is 15.4 Å². The van der Waals surface area contributed by atoms with Crippen LogP contribution in [0.5, 0.6) is 5.75 Å². The van der Waals surface area contributed by atoms with Gasteiger partial charge >= 0.3 is 0 Å². The number of hydrogen-bond donors (Lipinski definition) is 1. The van der Waals surface area contributed by atoms with Crippen LogP contribution < -0.4 is 26.2 Å². The van der Waals surface area contributed by atoms with Crippen LogP contribution in [0.25, 0.3) is 33.8 Å². The largest absolute Gasteiger partial charge is 0.488 e. The summed E-state index contributed by atoms with van der Waals surface area (Å²) in [6.07, 6.45) is 9.81. The van der Waals surface area contributed by atoms with Crippen molar-refractivity contribution in [3.63, 3.8) is 0 Å². The van der Waals surface area contributed by atoms with Crippen LogP contribution in [0.1, 0.15) is 72.6 Å². The quantitative estimate of drug-likeness (QED) is 0.127. The summed E-state index contributed by atoms with van der Waals surface area (Å²) >= 11 is 0. The molecule has 0 amide bonds. The number of ether oxygens (including phenoxy) is 1. The summed E-state index contributed by atoms with van der Waals surface area (Å²) in [4.78, 5) is 43.1. The Balaban J connectivity index is 0.00000122. The summed E-state index contributed by atoms with van der Waals surface area (Å²) in [5.41, 5.74) is 12.6. The summed E-state index contributed by atoms with van der Waals surface area (Å²) in [7, 11) is 0. The number of likely N-dealkylation sites (tertiary alicyclic amines) is 1. The maximum atomic E-state index is 12.2. The van der Waals surface area contributed by atoms with Crippen molar-refractivity contribution in [2.75, 3.05) is 43.4 Å². The lowest BCUT2D eigenvalue weighted by molar-refractivity contribution is -0.0241. The highest BCUT2D eigenvalue weighted by Gasteiger charge is 2.45. The number of fused-ring (bicyclic) bond motifs is 1. The summed E-state index contributed by atoms with van der Waals surface area (Å²) in [5, 5.41) is 0. The van der Waals surface area contributed by atoms with Crippen molar-refractivity contribution < 1.29 is 4.74 Å². The van der Waals surface area contributed by atoms with Gasteiger partial charge in [-0.25, -0.2) is 15.0 Å². The van der Waals surface area contributed by atoms with Crippen molar-refractivity contribution in [3.05, 3.63) is 105 Å². The molecular formula is C41H51N7O3. The first kappa shape index (κ1) is 37.2. The Labute approximate surface area is 301 Å². The van der Waals surface area contributed by atoms with Crippen molar-refractivity contribution in [2.24, 2.45) is 5.41 Å². The molecule has 0 saturated carbocycles. The third kappa shape index (κ3) is 7.23. The molecule has 0 unspecified atom stereocenters. The van der Waals surface area contributed by atoms with Gasteiger partial charge in [0.1, 0.15) is 17.0 Å². The number of imidazole rings is 1. The average molecular weight is 690 g/mol. The smallest absolute Gasteiger partial charge is 0.272 e. The highest BCUT2D eigenvalue weighted by atomic mass is 16.5. The zero-order valence-corrected chi connectivity index (χ0v) is 31.1. The Kier molecular flexibility index (Phi) is 11.9. The van der Waals surface area contributed by atoms with Gasteiger partial charge in [0.15, 0.2) is 17.2 Å². The Hall–Kier alpha value is -5.09. The molecule has 2 aliphatic heterocycles. The van der Waals surface area contributed by atoms with Gasteiger partial charge in [-0.05, 0) is 86.6 Å². The fraction of sp³-hybridized carbons (Fsp3) is 0.390. The lowest BCUT2D eigenvalue weighted by Crippen LogP contribution is -2.60. The van der Waals surface area contributed by atoms with E-state index in [0.717, 1.165) is 79.2 Å². The van der Waals surface area contributed by atoms with E-state index < -0.39 is 10.9 Å². The molecule has 5 aromatic rings. The number of nitrogens with two attached hydrogens (primary N) is 1. The van der Waals surface area contributed by atoms with Crippen molar-refractivity contribution in [2.45, 2.75) is 67.9 Å². The van der Waals surface area contributed by atoms with Gasteiger partial charge in [-0.15, -0.1) is 0 Å². The van der Waals surface area contributed by atoms with Gasteiger partial charge in [0.25, 0.3) is 10.9 Å². The number of anilines is 2. The van der Waals surface area contributed by atoms with Gasteiger partial charge in [-0.3, -0.25) is 19.1 Å². The number of aromatic nitrogens is 4. The molecular weight excluding hydrogens is 638 g/mol. The molecule has 5 heterocycles. The predicted octanol–water partition coefficient (Wildman–Crippen LogP) is 7.19. The molecule has 268 valence electrons. The minimum Gasteiger partial charge on any atom is -0.488 e. The molecule has 0 aliphatic carbocycles. The first-order valence-electron chi connectivity index (χ1n) is 18.3. The van der Waals surface area contributed by atoms with Crippen molar-refractivity contribution in [1.29, 1.82) is 0 Å². The molecule has 0 radical (unpaired) electrons. The maximum Gasteiger partial charge on any atom is 0.272 e. The number of pyridine rings is 2. The van der Waals surface area contributed by atoms with Crippen LogP contribution in [-0.2, 0) is 6.54 Å². The Bertz CT molecular complexity index is 2070. The van der Waals surface area contributed by atoms with Crippen molar-refractivity contribution in [1.82, 2.24) is 24.4 Å². The molecule has 2 N–H and O–H groups in total. The molecule has 7 rings (SSSR count). The molecule has 3 aromatic heterocycles. The number of nitrogens with zero attached hydrogens (tertiary/aromatic N) is 6. The summed E-state index contributed by atoms with van der Waals surface area (Å²) < 4.78 is 7.52. The van der Waals surface area contributed by atoms with Crippen LogP contribution in [0.2, 0.25) is 0 Å². The van der Waals surface area contributed by atoms with Gasteiger partial charge in [-0.1, -0.05) is 58.1 Å². The zero-order chi connectivity index (χ0) is 36.7. The van der Waals surface area contributed by atoms with E-state index in [0.29, 0.717) is 23.9 Å². The second kappa shape index (κ2) is 16.3. The lowest BCUT2D eigenvalue weighted by atomic mass is 9.71. The number of rotatable bonds is 9. The van der Waals surface area contributed by atoms with Crippen LogP contribution in [0.3, 0.4) is 0 Å². The minimum atomic E-state index is -0.491. The van der Waals surface area contributed by atoms with E-state index in [-0.39, 0.29) is 11.2 Å². The Morgan fingerprint density at radius 2 is 1.65 bits per heavy atom. The van der Waals surface area contributed by atoms with E-state index in [1.165, 1.54) is 5.56 Å². The predicted molar refractivity (Wildman–Crippen MR) is 209 cm³/mol. The topological polar surface area (TPSA) is 119 Å². The molecule has 2 aromatic carbocycles. The van der Waals surface area contributed by atoms with E-state index in [4.69, 9.17) is 20.4 Å². The maximum absolute atomic E-state index is 12.2. The van der Waals surface area contributed by atoms with Crippen molar-refractivity contribution >= 4 is 28.2 Å². The molecule has 51 heavy (non-hydrogen) atoms. The highest BCUT2D eigenvalue weighted by Crippen LogP contribution is 2.42.